The van der Waals surface area contributed by atoms with Crippen molar-refractivity contribution in [3.63, 3.8) is 0 Å². The predicted molar refractivity (Wildman–Crippen MR) is 97.1 cm³/mol. The van der Waals surface area contributed by atoms with Crippen molar-refractivity contribution in [2.75, 3.05) is 25.0 Å². The molecule has 1 aliphatic rings. The van der Waals surface area contributed by atoms with Gasteiger partial charge in [-0.1, -0.05) is 26.0 Å². The van der Waals surface area contributed by atoms with Gasteiger partial charge in [0.15, 0.2) is 0 Å². The molecule has 0 saturated carbocycles. The largest absolute Gasteiger partial charge is 0.381 e. The summed E-state index contributed by atoms with van der Waals surface area (Å²) >= 11 is 0. The Morgan fingerprint density at radius 3 is 2.58 bits per heavy atom. The molecule has 1 aliphatic heterocycles. The van der Waals surface area contributed by atoms with Crippen LogP contribution in [0.2, 0.25) is 0 Å². The van der Waals surface area contributed by atoms with Gasteiger partial charge in [-0.2, -0.15) is 0 Å². The quantitative estimate of drug-likeness (QED) is 0.842. The molecule has 2 N–H and O–H groups in total. The number of piperidine rings is 1. The third kappa shape index (κ3) is 5.55. The number of carbonyl (C=O) groups is 2. The maximum absolute atomic E-state index is 12.2. The summed E-state index contributed by atoms with van der Waals surface area (Å²) < 4.78 is 0. The minimum atomic E-state index is -0.0918. The molecule has 1 aromatic rings. The van der Waals surface area contributed by atoms with Crippen LogP contribution in [0.4, 0.5) is 5.69 Å². The molecular weight excluding hydrogens is 302 g/mol. The molecule has 1 atom stereocenters. The first-order valence-electron chi connectivity index (χ1n) is 8.84. The minimum absolute atomic E-state index is 0.0918. The van der Waals surface area contributed by atoms with Crippen molar-refractivity contribution in [2.45, 2.75) is 52.0 Å². The molecule has 0 spiro atoms. The number of hydrogen-bond acceptors (Lipinski definition) is 3. The smallest absolute Gasteiger partial charge is 0.224 e. The Balaban J connectivity index is 1.83. The lowest BCUT2D eigenvalue weighted by molar-refractivity contribution is -0.132. The Bertz CT molecular complexity index is 554. The van der Waals surface area contributed by atoms with E-state index in [0.29, 0.717) is 18.9 Å². The van der Waals surface area contributed by atoms with Gasteiger partial charge in [-0.3, -0.25) is 9.59 Å². The summed E-state index contributed by atoms with van der Waals surface area (Å²) in [6, 6.07) is 8.84. The lowest BCUT2D eigenvalue weighted by Crippen LogP contribution is -2.45. The lowest BCUT2D eigenvalue weighted by atomic mass is 10.0. The van der Waals surface area contributed by atoms with E-state index in [1.54, 1.807) is 0 Å². The van der Waals surface area contributed by atoms with E-state index in [9.17, 15) is 9.59 Å². The summed E-state index contributed by atoms with van der Waals surface area (Å²) in [4.78, 5) is 25.0. The van der Waals surface area contributed by atoms with Crippen LogP contribution in [0.15, 0.2) is 24.3 Å². The van der Waals surface area contributed by atoms with E-state index in [-0.39, 0.29) is 17.9 Å². The molecule has 1 heterocycles. The van der Waals surface area contributed by atoms with Gasteiger partial charge >= 0.3 is 0 Å². The van der Waals surface area contributed by atoms with Crippen molar-refractivity contribution < 1.29 is 9.59 Å². The van der Waals surface area contributed by atoms with Gasteiger partial charge in [0, 0.05) is 44.7 Å². The van der Waals surface area contributed by atoms with Crippen LogP contribution in [0.3, 0.4) is 0 Å². The second-order valence-corrected chi connectivity index (χ2v) is 6.83. The molecule has 2 rings (SSSR count). The van der Waals surface area contributed by atoms with Crippen LogP contribution in [0.1, 0.15) is 51.5 Å². The first-order chi connectivity index (χ1) is 11.5. The number of hydrogen-bond donors (Lipinski definition) is 2. The first-order valence-corrected chi connectivity index (χ1v) is 8.84. The maximum atomic E-state index is 12.2. The monoisotopic (exact) mass is 331 g/mol. The number of carbonyl (C=O) groups excluding carboxylic acids is 2. The van der Waals surface area contributed by atoms with Crippen LogP contribution in [0, 0.1) is 0 Å². The molecule has 1 aromatic carbocycles. The first kappa shape index (κ1) is 18.3. The van der Waals surface area contributed by atoms with Gasteiger partial charge in [0.2, 0.25) is 11.8 Å². The second kappa shape index (κ2) is 8.71. The van der Waals surface area contributed by atoms with E-state index in [1.165, 1.54) is 12.5 Å². The molecule has 0 radical (unpaired) electrons. The van der Waals surface area contributed by atoms with E-state index in [0.717, 1.165) is 31.6 Å². The van der Waals surface area contributed by atoms with Gasteiger partial charge < -0.3 is 15.5 Å². The number of rotatable bonds is 6. The zero-order valence-electron chi connectivity index (χ0n) is 15.0. The molecule has 132 valence electrons. The fraction of sp³-hybridized carbons (Fsp3) is 0.579. The third-order valence-corrected chi connectivity index (χ3v) is 4.44. The van der Waals surface area contributed by atoms with E-state index >= 15 is 0 Å². The van der Waals surface area contributed by atoms with Gasteiger partial charge in [-0.25, -0.2) is 0 Å². The molecule has 24 heavy (non-hydrogen) atoms. The van der Waals surface area contributed by atoms with E-state index < -0.39 is 0 Å². The second-order valence-electron chi connectivity index (χ2n) is 6.83. The van der Waals surface area contributed by atoms with Gasteiger partial charge in [0.1, 0.15) is 0 Å². The number of nitrogens with zero attached hydrogens (tertiary/aromatic N) is 1. The highest BCUT2D eigenvalue weighted by atomic mass is 16.2. The van der Waals surface area contributed by atoms with E-state index in [2.05, 4.69) is 48.7 Å². The van der Waals surface area contributed by atoms with Crippen LogP contribution in [-0.2, 0) is 9.59 Å². The molecule has 2 amide bonds. The Hall–Kier alpha value is -2.04. The number of nitrogens with one attached hydrogen (secondary N) is 2. The minimum Gasteiger partial charge on any atom is -0.381 e. The Morgan fingerprint density at radius 1 is 1.25 bits per heavy atom. The van der Waals surface area contributed by atoms with Gasteiger partial charge in [0.25, 0.3) is 0 Å². The highest BCUT2D eigenvalue weighted by Crippen LogP contribution is 2.20. The lowest BCUT2D eigenvalue weighted by Gasteiger charge is -2.34. The van der Waals surface area contributed by atoms with Crippen LogP contribution < -0.4 is 10.6 Å². The topological polar surface area (TPSA) is 61.4 Å². The fourth-order valence-corrected chi connectivity index (χ4v) is 3.03. The van der Waals surface area contributed by atoms with Crippen LogP contribution in [0.5, 0.6) is 0 Å². The normalized spacial score (nSPS) is 17.7. The molecule has 0 aliphatic carbocycles. The van der Waals surface area contributed by atoms with Crippen molar-refractivity contribution in [1.82, 2.24) is 10.2 Å². The summed E-state index contributed by atoms with van der Waals surface area (Å²) in [6.07, 6.45) is 2.45. The third-order valence-electron chi connectivity index (χ3n) is 4.44. The summed E-state index contributed by atoms with van der Waals surface area (Å²) in [5, 5.41) is 6.22. The highest BCUT2D eigenvalue weighted by molar-refractivity contribution is 5.78. The number of likely N-dealkylation sites (tertiary alicyclic amines) is 1. The van der Waals surface area contributed by atoms with Crippen molar-refractivity contribution in [3.8, 4) is 0 Å². The standard InChI is InChI=1S/C19H29N3O2/c1-14(2)16-6-8-17(9-7-16)21-18-5-4-12-22(13-18)19(24)10-11-20-15(3)23/h6-9,14,18,21H,4-5,10-13H2,1-3H3,(H,20,23)/t18-/m1/s1. The van der Waals surface area contributed by atoms with Crippen LogP contribution in [-0.4, -0.2) is 42.4 Å². The molecule has 1 saturated heterocycles. The highest BCUT2D eigenvalue weighted by Gasteiger charge is 2.23. The van der Waals surface area contributed by atoms with Gasteiger partial charge in [0.05, 0.1) is 0 Å². The molecule has 0 unspecified atom stereocenters. The average Bonchev–Trinajstić information content (AvgIpc) is 2.55. The van der Waals surface area contributed by atoms with Crippen molar-refractivity contribution in [1.29, 1.82) is 0 Å². The maximum Gasteiger partial charge on any atom is 0.224 e. The van der Waals surface area contributed by atoms with Crippen LogP contribution >= 0.6 is 0 Å². The zero-order chi connectivity index (χ0) is 17.5. The average molecular weight is 331 g/mol. The fourth-order valence-electron chi connectivity index (χ4n) is 3.03. The Morgan fingerprint density at radius 2 is 1.96 bits per heavy atom. The molecule has 0 aromatic heterocycles. The van der Waals surface area contributed by atoms with Gasteiger partial charge in [-0.15, -0.1) is 0 Å². The van der Waals surface area contributed by atoms with E-state index in [1.807, 2.05) is 4.90 Å². The van der Waals surface area contributed by atoms with Crippen LogP contribution in [0.25, 0.3) is 0 Å². The number of anilines is 1. The summed E-state index contributed by atoms with van der Waals surface area (Å²) in [5.74, 6) is 0.557. The SMILES string of the molecule is CC(=O)NCCC(=O)N1CCC[C@@H](Nc2ccc(C(C)C)cc2)C1. The van der Waals surface area contributed by atoms with Crippen molar-refractivity contribution in [3.05, 3.63) is 29.8 Å². The Kier molecular flexibility index (Phi) is 6.64. The number of amides is 2. The molecule has 5 heteroatoms. The molecule has 1 fully saturated rings. The summed E-state index contributed by atoms with van der Waals surface area (Å²) in [6.45, 7) is 7.80. The van der Waals surface area contributed by atoms with Gasteiger partial charge in [-0.05, 0) is 36.5 Å². The van der Waals surface area contributed by atoms with E-state index in [4.69, 9.17) is 0 Å². The molecular formula is C19H29N3O2. The molecule has 0 bridgehead atoms. The predicted octanol–water partition coefficient (Wildman–Crippen LogP) is 2.74. The summed E-state index contributed by atoms with van der Waals surface area (Å²) in [5.41, 5.74) is 2.44. The van der Waals surface area contributed by atoms with Crippen molar-refractivity contribution >= 4 is 17.5 Å². The zero-order valence-corrected chi connectivity index (χ0v) is 15.0. The summed E-state index contributed by atoms with van der Waals surface area (Å²) in [7, 11) is 0. The Labute approximate surface area is 144 Å². The molecule has 5 nitrogen and oxygen atoms in total. The number of benzene rings is 1. The van der Waals surface area contributed by atoms with Crippen molar-refractivity contribution in [2.24, 2.45) is 0 Å².